The summed E-state index contributed by atoms with van der Waals surface area (Å²) in [5.74, 6) is 0. The Balaban J connectivity index is 1.15. The number of fused-ring (bicyclic) bond motifs is 6. The lowest BCUT2D eigenvalue weighted by Crippen LogP contribution is -2.13. The lowest BCUT2D eigenvalue weighted by molar-refractivity contribution is 0.670. The number of hydrogen-bond acceptors (Lipinski definition) is 2. The van der Waals surface area contributed by atoms with Crippen molar-refractivity contribution in [1.82, 2.24) is 4.57 Å². The zero-order valence-electron chi connectivity index (χ0n) is 32.9. The normalized spacial score (nSPS) is 11.6. The van der Waals surface area contributed by atoms with Crippen LogP contribution >= 0.6 is 0 Å². The summed E-state index contributed by atoms with van der Waals surface area (Å²) in [4.78, 5) is 2.45. The van der Waals surface area contributed by atoms with Gasteiger partial charge in [-0.1, -0.05) is 146 Å². The smallest absolute Gasteiger partial charge is 0.143 e. The fraction of sp³-hybridized carbons (Fsp3) is 0.0357. The van der Waals surface area contributed by atoms with Gasteiger partial charge in [0, 0.05) is 49.9 Å². The molecule has 0 N–H and O–H groups in total. The highest BCUT2D eigenvalue weighted by molar-refractivity contribution is 6.12. The van der Waals surface area contributed by atoms with E-state index in [1.54, 1.807) is 0 Å². The first-order chi connectivity index (χ1) is 29.1. The average molecular weight is 757 g/mol. The summed E-state index contributed by atoms with van der Waals surface area (Å²) in [5, 5.41) is 4.68. The van der Waals surface area contributed by atoms with Crippen LogP contribution in [0.1, 0.15) is 11.1 Å². The second-order valence-corrected chi connectivity index (χ2v) is 15.4. The molecule has 0 spiro atoms. The molecule has 59 heavy (non-hydrogen) atoms. The zero-order chi connectivity index (χ0) is 39.5. The first kappa shape index (κ1) is 34.6. The fourth-order valence-electron chi connectivity index (χ4n) is 9.02. The Kier molecular flexibility index (Phi) is 8.27. The SMILES string of the molecule is Cc1ccccc1N(c1cc(-c2ccc(-n3c4ccccc4c4ccccc43)cc2)c2oc3ccccc3c2c1)c1cc(-c2ccccc2)c(-c2ccccc2)cc1C. The monoisotopic (exact) mass is 756 g/mol. The van der Waals surface area contributed by atoms with E-state index >= 15 is 0 Å². The number of aryl methyl sites for hydroxylation is 2. The highest BCUT2D eigenvalue weighted by atomic mass is 16.3. The van der Waals surface area contributed by atoms with E-state index in [0.29, 0.717) is 0 Å². The largest absolute Gasteiger partial charge is 0.455 e. The van der Waals surface area contributed by atoms with Crippen molar-refractivity contribution in [3.63, 3.8) is 0 Å². The van der Waals surface area contributed by atoms with Crippen LogP contribution in [-0.4, -0.2) is 4.57 Å². The molecular weight excluding hydrogens is 717 g/mol. The van der Waals surface area contributed by atoms with E-state index in [0.717, 1.165) is 55.8 Å². The molecule has 0 saturated carbocycles. The molecule has 0 bridgehead atoms. The van der Waals surface area contributed by atoms with Gasteiger partial charge in [0.05, 0.1) is 11.0 Å². The van der Waals surface area contributed by atoms with E-state index in [4.69, 9.17) is 4.42 Å². The minimum absolute atomic E-state index is 0.875. The summed E-state index contributed by atoms with van der Waals surface area (Å²) in [6, 6.07) is 74.3. The first-order valence-electron chi connectivity index (χ1n) is 20.3. The molecule has 0 saturated heterocycles. The molecule has 2 aromatic heterocycles. The van der Waals surface area contributed by atoms with Gasteiger partial charge in [0.25, 0.3) is 0 Å². The molecule has 3 heteroatoms. The van der Waals surface area contributed by atoms with Crippen LogP contribution in [0, 0.1) is 13.8 Å². The molecule has 0 unspecified atom stereocenters. The van der Waals surface area contributed by atoms with Crippen molar-refractivity contribution in [1.29, 1.82) is 0 Å². The van der Waals surface area contributed by atoms with Crippen LogP contribution in [0.2, 0.25) is 0 Å². The second-order valence-electron chi connectivity index (χ2n) is 15.4. The Labute approximate surface area is 343 Å². The molecule has 11 aromatic rings. The Morgan fingerprint density at radius 1 is 0.390 bits per heavy atom. The second kappa shape index (κ2) is 14.1. The van der Waals surface area contributed by atoms with Crippen LogP contribution in [0.15, 0.2) is 211 Å². The summed E-state index contributed by atoms with van der Waals surface area (Å²) in [5.41, 5.74) is 17.9. The van der Waals surface area contributed by atoms with Gasteiger partial charge in [0.2, 0.25) is 0 Å². The third kappa shape index (κ3) is 5.82. The molecule has 0 aliphatic heterocycles. The zero-order valence-corrected chi connectivity index (χ0v) is 32.9. The number of hydrogen-bond donors (Lipinski definition) is 0. The molecule has 0 aliphatic carbocycles. The minimum Gasteiger partial charge on any atom is -0.455 e. The molecule has 0 atom stereocenters. The topological polar surface area (TPSA) is 21.3 Å². The lowest BCUT2D eigenvalue weighted by Gasteiger charge is -2.30. The summed E-state index contributed by atoms with van der Waals surface area (Å²) in [7, 11) is 0. The van der Waals surface area contributed by atoms with Crippen LogP contribution in [-0.2, 0) is 0 Å². The van der Waals surface area contributed by atoms with Gasteiger partial charge >= 0.3 is 0 Å². The summed E-state index contributed by atoms with van der Waals surface area (Å²) in [6.45, 7) is 4.44. The van der Waals surface area contributed by atoms with Crippen molar-refractivity contribution in [3.05, 3.63) is 217 Å². The molecule has 2 heterocycles. The van der Waals surface area contributed by atoms with Crippen molar-refractivity contribution in [2.45, 2.75) is 13.8 Å². The van der Waals surface area contributed by atoms with E-state index in [-0.39, 0.29) is 0 Å². The van der Waals surface area contributed by atoms with E-state index in [9.17, 15) is 0 Å². The number of benzene rings is 9. The van der Waals surface area contributed by atoms with E-state index < -0.39 is 0 Å². The van der Waals surface area contributed by atoms with Crippen molar-refractivity contribution in [2.24, 2.45) is 0 Å². The van der Waals surface area contributed by atoms with E-state index in [2.05, 4.69) is 224 Å². The summed E-state index contributed by atoms with van der Waals surface area (Å²) < 4.78 is 9.14. The van der Waals surface area contributed by atoms with Crippen molar-refractivity contribution in [2.75, 3.05) is 4.90 Å². The lowest BCUT2D eigenvalue weighted by atomic mass is 9.91. The fourth-order valence-corrected chi connectivity index (χ4v) is 9.02. The molecule has 280 valence electrons. The third-order valence-electron chi connectivity index (χ3n) is 11.8. The van der Waals surface area contributed by atoms with E-state index in [1.807, 2.05) is 6.07 Å². The van der Waals surface area contributed by atoms with Crippen molar-refractivity contribution >= 4 is 60.8 Å². The van der Waals surface area contributed by atoms with Gasteiger partial charge in [-0.05, 0) is 113 Å². The molecule has 9 aromatic carbocycles. The van der Waals surface area contributed by atoms with Gasteiger partial charge in [0.1, 0.15) is 11.2 Å². The van der Waals surface area contributed by atoms with Gasteiger partial charge in [-0.15, -0.1) is 0 Å². The maximum Gasteiger partial charge on any atom is 0.143 e. The Morgan fingerprint density at radius 3 is 1.59 bits per heavy atom. The quantitative estimate of drug-likeness (QED) is 0.161. The van der Waals surface area contributed by atoms with Crippen molar-refractivity contribution < 1.29 is 4.42 Å². The highest BCUT2D eigenvalue weighted by Gasteiger charge is 2.23. The number of para-hydroxylation sites is 4. The number of aromatic nitrogens is 1. The molecule has 0 fully saturated rings. The predicted molar refractivity (Wildman–Crippen MR) is 249 cm³/mol. The average Bonchev–Trinajstić information content (AvgIpc) is 3.84. The molecular formula is C56H40N2O. The highest BCUT2D eigenvalue weighted by Crippen LogP contribution is 2.47. The van der Waals surface area contributed by atoms with E-state index in [1.165, 1.54) is 55.2 Å². The maximum atomic E-state index is 6.77. The molecule has 3 nitrogen and oxygen atoms in total. The van der Waals surface area contributed by atoms with Gasteiger partial charge in [-0.2, -0.15) is 0 Å². The number of anilines is 3. The summed E-state index contributed by atoms with van der Waals surface area (Å²) in [6.07, 6.45) is 0. The number of nitrogens with zero attached hydrogens (tertiary/aromatic N) is 2. The molecule has 0 aliphatic rings. The van der Waals surface area contributed by atoms with Gasteiger partial charge in [0.15, 0.2) is 0 Å². The number of furan rings is 1. The predicted octanol–water partition coefficient (Wildman–Crippen LogP) is 15.8. The van der Waals surface area contributed by atoms with Crippen LogP contribution < -0.4 is 4.90 Å². The Hall–Kier alpha value is -7.62. The molecule has 0 radical (unpaired) electrons. The van der Waals surface area contributed by atoms with Crippen LogP contribution in [0.5, 0.6) is 0 Å². The minimum atomic E-state index is 0.875. The Morgan fingerprint density at radius 2 is 0.932 bits per heavy atom. The van der Waals surface area contributed by atoms with Crippen molar-refractivity contribution in [3.8, 4) is 39.1 Å². The first-order valence-corrected chi connectivity index (χ1v) is 20.3. The van der Waals surface area contributed by atoms with Gasteiger partial charge in [-0.25, -0.2) is 0 Å². The van der Waals surface area contributed by atoms with Crippen LogP contribution in [0.4, 0.5) is 17.1 Å². The summed E-state index contributed by atoms with van der Waals surface area (Å²) >= 11 is 0. The van der Waals surface area contributed by atoms with Gasteiger partial charge < -0.3 is 13.9 Å². The number of rotatable bonds is 7. The maximum absolute atomic E-state index is 6.77. The van der Waals surface area contributed by atoms with Crippen LogP contribution in [0.3, 0.4) is 0 Å². The van der Waals surface area contributed by atoms with Gasteiger partial charge in [-0.3, -0.25) is 0 Å². The third-order valence-corrected chi connectivity index (χ3v) is 11.8. The standard InChI is InChI=1S/C56H40N2O/c1-37-17-9-13-25-51(37)58(54-36-48(40-20-7-4-8-21-40)47(33-38(54)2)39-18-5-3-6-19-39)43-34-49(56-50(35-43)46-24-12-16-28-55(46)59-56)41-29-31-42(32-30-41)57-52-26-14-10-22-44(52)45-23-11-15-27-53(45)57/h3-36H,1-2H3. The Bertz CT molecular complexity index is 3280. The van der Waals surface area contributed by atoms with Crippen LogP contribution in [0.25, 0.3) is 82.8 Å². The molecule has 0 amide bonds. The molecule has 11 rings (SSSR count).